The number of amides is 1. The van der Waals surface area contributed by atoms with Crippen molar-refractivity contribution in [3.8, 4) is 5.69 Å². The molecule has 1 atom stereocenters. The van der Waals surface area contributed by atoms with Gasteiger partial charge in [-0.1, -0.05) is 24.3 Å². The third-order valence-corrected chi connectivity index (χ3v) is 6.76. The Kier molecular flexibility index (Phi) is 3.66. The van der Waals surface area contributed by atoms with Crippen LogP contribution < -0.4 is 0 Å². The van der Waals surface area contributed by atoms with Crippen molar-refractivity contribution >= 4 is 11.9 Å². The topological polar surface area (TPSA) is 77.3 Å². The molecule has 7 nitrogen and oxygen atoms in total. The Balaban J connectivity index is 1.28. The predicted octanol–water partition coefficient (Wildman–Crippen LogP) is 2.74. The molecule has 156 valence electrons. The lowest BCUT2D eigenvalue weighted by atomic mass is 9.91. The van der Waals surface area contributed by atoms with Crippen molar-refractivity contribution in [2.75, 3.05) is 13.1 Å². The standard InChI is InChI=1S/C23H19FN4O3/c24-19-11-15(28-14-25-13-26-28)5-6-18(19)22(7-8-22)21(30)27-10-9-23(12-27)17-4-2-1-3-16(17)20(29)31-23/h1-6,11,13-14H,7-10,12H2/t23-/m0/s1. The smallest absolute Gasteiger partial charge is 0.339 e. The van der Waals surface area contributed by atoms with Crippen LogP contribution in [0, 0.1) is 5.82 Å². The highest BCUT2D eigenvalue weighted by Gasteiger charge is 2.58. The maximum atomic E-state index is 15.1. The maximum absolute atomic E-state index is 15.1. The molecule has 2 aromatic carbocycles. The summed E-state index contributed by atoms with van der Waals surface area (Å²) in [5, 5.41) is 4.02. The molecule has 1 saturated heterocycles. The molecule has 1 spiro atoms. The van der Waals surface area contributed by atoms with Gasteiger partial charge in [0.25, 0.3) is 0 Å². The second kappa shape index (κ2) is 6.23. The van der Waals surface area contributed by atoms with E-state index in [4.69, 9.17) is 4.74 Å². The monoisotopic (exact) mass is 418 g/mol. The van der Waals surface area contributed by atoms with Crippen LogP contribution in [0.25, 0.3) is 5.69 Å². The average molecular weight is 418 g/mol. The number of likely N-dealkylation sites (tertiary alicyclic amines) is 1. The number of rotatable bonds is 3. The SMILES string of the molecule is O=C1O[C@]2(CCN(C(=O)C3(c4ccc(-n5cncn5)cc4F)CC3)C2)c2ccccc21. The predicted molar refractivity (Wildman–Crippen MR) is 107 cm³/mol. The Labute approximate surface area is 177 Å². The molecule has 6 rings (SSSR count). The van der Waals surface area contributed by atoms with Crippen LogP contribution >= 0.6 is 0 Å². The first-order valence-corrected chi connectivity index (χ1v) is 10.3. The molecule has 0 bridgehead atoms. The summed E-state index contributed by atoms with van der Waals surface area (Å²) in [6.07, 6.45) is 4.63. The highest BCUT2D eigenvalue weighted by molar-refractivity contribution is 5.96. The molecule has 3 aliphatic rings. The van der Waals surface area contributed by atoms with E-state index < -0.39 is 16.8 Å². The molecule has 3 heterocycles. The summed E-state index contributed by atoms with van der Waals surface area (Å²) in [5.74, 6) is -0.872. The zero-order valence-corrected chi connectivity index (χ0v) is 16.6. The van der Waals surface area contributed by atoms with Crippen LogP contribution in [0.2, 0.25) is 0 Å². The third kappa shape index (κ3) is 2.57. The van der Waals surface area contributed by atoms with Crippen LogP contribution in [0.3, 0.4) is 0 Å². The average Bonchev–Trinajstić information content (AvgIpc) is 3.13. The Morgan fingerprint density at radius 3 is 2.68 bits per heavy atom. The van der Waals surface area contributed by atoms with Crippen LogP contribution in [0.4, 0.5) is 4.39 Å². The quantitative estimate of drug-likeness (QED) is 0.612. The Bertz CT molecular complexity index is 1220. The number of halogens is 1. The van der Waals surface area contributed by atoms with E-state index >= 15 is 4.39 Å². The summed E-state index contributed by atoms with van der Waals surface area (Å²) in [6.45, 7) is 0.774. The van der Waals surface area contributed by atoms with E-state index in [1.165, 1.54) is 23.4 Å². The van der Waals surface area contributed by atoms with Gasteiger partial charge in [-0.25, -0.2) is 18.9 Å². The van der Waals surface area contributed by atoms with Gasteiger partial charge in [-0.05, 0) is 31.0 Å². The van der Waals surface area contributed by atoms with Crippen molar-refractivity contribution in [2.24, 2.45) is 0 Å². The van der Waals surface area contributed by atoms with Crippen molar-refractivity contribution in [1.29, 1.82) is 0 Å². The molecule has 0 unspecified atom stereocenters. The molecule has 8 heteroatoms. The van der Waals surface area contributed by atoms with Gasteiger partial charge < -0.3 is 9.64 Å². The fraction of sp³-hybridized carbons (Fsp3) is 0.304. The molecule has 3 aromatic rings. The van der Waals surface area contributed by atoms with Gasteiger partial charge >= 0.3 is 5.97 Å². The van der Waals surface area contributed by atoms with Crippen molar-refractivity contribution < 1.29 is 18.7 Å². The molecule has 0 radical (unpaired) electrons. The fourth-order valence-corrected chi connectivity index (χ4v) is 5.01. The molecule has 2 fully saturated rings. The zero-order valence-electron chi connectivity index (χ0n) is 16.6. The lowest BCUT2D eigenvalue weighted by Gasteiger charge is -2.27. The van der Waals surface area contributed by atoms with Crippen LogP contribution in [0.5, 0.6) is 0 Å². The second-order valence-corrected chi connectivity index (χ2v) is 8.49. The van der Waals surface area contributed by atoms with Crippen molar-refractivity contribution in [2.45, 2.75) is 30.3 Å². The Hall–Kier alpha value is -3.55. The van der Waals surface area contributed by atoms with Crippen molar-refractivity contribution in [3.05, 3.63) is 77.6 Å². The van der Waals surface area contributed by atoms with E-state index in [9.17, 15) is 9.59 Å². The minimum atomic E-state index is -0.849. The van der Waals surface area contributed by atoms with Crippen LogP contribution in [0.15, 0.2) is 55.1 Å². The van der Waals surface area contributed by atoms with Gasteiger partial charge in [-0.2, -0.15) is 5.10 Å². The largest absolute Gasteiger partial charge is 0.449 e. The first-order valence-electron chi connectivity index (χ1n) is 10.3. The molecule has 2 aliphatic heterocycles. The second-order valence-electron chi connectivity index (χ2n) is 8.49. The number of esters is 1. The van der Waals surface area contributed by atoms with E-state index in [-0.39, 0.29) is 11.9 Å². The number of carbonyl (C=O) groups excluding carboxylic acids is 2. The molecule has 1 aliphatic carbocycles. The molecule has 1 saturated carbocycles. The van der Waals surface area contributed by atoms with Crippen LogP contribution in [-0.2, 0) is 20.5 Å². The van der Waals surface area contributed by atoms with Gasteiger partial charge in [0.05, 0.1) is 23.2 Å². The normalized spacial score (nSPS) is 23.1. The Morgan fingerprint density at radius 1 is 1.10 bits per heavy atom. The number of fused-ring (bicyclic) bond motifs is 2. The molecule has 31 heavy (non-hydrogen) atoms. The Morgan fingerprint density at radius 2 is 1.94 bits per heavy atom. The number of hydrogen-bond donors (Lipinski definition) is 0. The molecule has 0 N–H and O–H groups in total. The van der Waals surface area contributed by atoms with Gasteiger partial charge in [0.15, 0.2) is 5.60 Å². The van der Waals surface area contributed by atoms with E-state index in [1.54, 1.807) is 23.1 Å². The van der Waals surface area contributed by atoms with Gasteiger partial charge in [-0.3, -0.25) is 4.79 Å². The van der Waals surface area contributed by atoms with Gasteiger partial charge in [-0.15, -0.1) is 0 Å². The summed E-state index contributed by atoms with van der Waals surface area (Å²) < 4.78 is 22.3. The number of aromatic nitrogens is 3. The molecular formula is C23H19FN4O3. The number of carbonyl (C=O) groups is 2. The maximum Gasteiger partial charge on any atom is 0.339 e. The zero-order chi connectivity index (χ0) is 21.2. The van der Waals surface area contributed by atoms with Gasteiger partial charge in [0, 0.05) is 24.1 Å². The van der Waals surface area contributed by atoms with Gasteiger partial charge in [0.1, 0.15) is 18.5 Å². The number of hydrogen-bond acceptors (Lipinski definition) is 5. The van der Waals surface area contributed by atoms with E-state index in [0.717, 1.165) is 5.56 Å². The first kappa shape index (κ1) is 18.2. The van der Waals surface area contributed by atoms with Crippen molar-refractivity contribution in [1.82, 2.24) is 19.7 Å². The fourth-order valence-electron chi connectivity index (χ4n) is 5.01. The number of nitrogens with zero attached hydrogens (tertiary/aromatic N) is 4. The van der Waals surface area contributed by atoms with Gasteiger partial charge in [0.2, 0.25) is 5.91 Å². The number of benzene rings is 2. The summed E-state index contributed by atoms with van der Waals surface area (Å²) >= 11 is 0. The highest BCUT2D eigenvalue weighted by Crippen LogP contribution is 2.52. The molecular weight excluding hydrogens is 399 g/mol. The minimum absolute atomic E-state index is 0.0998. The third-order valence-electron chi connectivity index (χ3n) is 6.76. The van der Waals surface area contributed by atoms with Crippen LogP contribution in [-0.4, -0.2) is 44.6 Å². The summed E-state index contributed by atoms with van der Waals surface area (Å²) in [4.78, 5) is 31.5. The van der Waals surface area contributed by atoms with Crippen LogP contribution in [0.1, 0.15) is 40.7 Å². The van der Waals surface area contributed by atoms with E-state index in [1.807, 2.05) is 18.2 Å². The lowest BCUT2D eigenvalue weighted by Crippen LogP contribution is -2.40. The summed E-state index contributed by atoms with van der Waals surface area (Å²) in [7, 11) is 0. The highest BCUT2D eigenvalue weighted by atomic mass is 19.1. The molecule has 1 aromatic heterocycles. The minimum Gasteiger partial charge on any atom is -0.449 e. The summed E-state index contributed by atoms with van der Waals surface area (Å²) in [6, 6.07) is 12.1. The summed E-state index contributed by atoms with van der Waals surface area (Å²) in [5.41, 5.74) is 0.715. The molecule has 1 amide bonds. The first-order chi connectivity index (χ1) is 15.0. The van der Waals surface area contributed by atoms with Crippen molar-refractivity contribution in [3.63, 3.8) is 0 Å². The van der Waals surface area contributed by atoms with E-state index in [2.05, 4.69) is 10.1 Å². The number of ether oxygens (including phenoxy) is 1. The van der Waals surface area contributed by atoms with E-state index in [0.29, 0.717) is 49.2 Å². The lowest BCUT2D eigenvalue weighted by molar-refractivity contribution is -0.134.